The SMILES string of the molecule is COc1ccc2c(c1)C(Nc1ccc(C#N)cc1F)CC2. The Kier molecular flexibility index (Phi) is 3.49. The van der Waals surface area contributed by atoms with E-state index in [2.05, 4.69) is 11.4 Å². The van der Waals surface area contributed by atoms with Crippen LogP contribution in [-0.2, 0) is 6.42 Å². The Hall–Kier alpha value is -2.54. The van der Waals surface area contributed by atoms with Crippen LogP contribution >= 0.6 is 0 Å². The van der Waals surface area contributed by atoms with E-state index in [0.29, 0.717) is 11.3 Å². The van der Waals surface area contributed by atoms with Crippen molar-refractivity contribution in [2.75, 3.05) is 12.4 Å². The molecule has 0 saturated carbocycles. The summed E-state index contributed by atoms with van der Waals surface area (Å²) in [5.74, 6) is 0.410. The van der Waals surface area contributed by atoms with Crippen molar-refractivity contribution >= 4 is 5.69 Å². The first-order valence-electron chi connectivity index (χ1n) is 6.84. The minimum absolute atomic E-state index is 0.0672. The fourth-order valence-electron chi connectivity index (χ4n) is 2.75. The number of nitriles is 1. The molecule has 1 unspecified atom stereocenters. The number of hydrogen-bond donors (Lipinski definition) is 1. The summed E-state index contributed by atoms with van der Waals surface area (Å²) in [7, 11) is 1.64. The predicted molar refractivity (Wildman–Crippen MR) is 78.8 cm³/mol. The van der Waals surface area contributed by atoms with E-state index in [9.17, 15) is 4.39 Å². The molecule has 3 nitrogen and oxygen atoms in total. The van der Waals surface area contributed by atoms with Crippen molar-refractivity contribution in [1.82, 2.24) is 0 Å². The Morgan fingerprint density at radius 2 is 2.14 bits per heavy atom. The van der Waals surface area contributed by atoms with Gasteiger partial charge in [-0.2, -0.15) is 5.26 Å². The van der Waals surface area contributed by atoms with Crippen LogP contribution in [0.4, 0.5) is 10.1 Å². The third-order valence-corrected chi connectivity index (χ3v) is 3.86. The van der Waals surface area contributed by atoms with Crippen LogP contribution in [0, 0.1) is 17.1 Å². The Morgan fingerprint density at radius 1 is 1.29 bits per heavy atom. The summed E-state index contributed by atoms with van der Waals surface area (Å²) in [5.41, 5.74) is 3.17. The monoisotopic (exact) mass is 282 g/mol. The highest BCUT2D eigenvalue weighted by Gasteiger charge is 2.23. The molecule has 0 saturated heterocycles. The normalized spacial score (nSPS) is 16.1. The molecule has 0 aromatic heterocycles. The quantitative estimate of drug-likeness (QED) is 0.931. The third-order valence-electron chi connectivity index (χ3n) is 3.86. The van der Waals surface area contributed by atoms with Crippen molar-refractivity contribution in [3.8, 4) is 11.8 Å². The zero-order valence-electron chi connectivity index (χ0n) is 11.7. The molecule has 0 heterocycles. The second-order valence-corrected chi connectivity index (χ2v) is 5.11. The number of nitrogens with zero attached hydrogens (tertiary/aromatic N) is 1. The smallest absolute Gasteiger partial charge is 0.147 e. The summed E-state index contributed by atoms with van der Waals surface area (Å²) in [6, 6.07) is 12.5. The molecule has 1 aliphatic rings. The zero-order valence-corrected chi connectivity index (χ0v) is 11.7. The molecule has 106 valence electrons. The zero-order chi connectivity index (χ0) is 14.8. The largest absolute Gasteiger partial charge is 0.497 e. The van der Waals surface area contributed by atoms with Gasteiger partial charge < -0.3 is 10.1 Å². The van der Waals surface area contributed by atoms with E-state index in [0.717, 1.165) is 24.2 Å². The van der Waals surface area contributed by atoms with E-state index in [1.54, 1.807) is 19.2 Å². The maximum Gasteiger partial charge on any atom is 0.147 e. The molecule has 4 heteroatoms. The average Bonchev–Trinajstić information content (AvgIpc) is 2.91. The van der Waals surface area contributed by atoms with Crippen molar-refractivity contribution in [1.29, 1.82) is 5.26 Å². The lowest BCUT2D eigenvalue weighted by atomic mass is 10.1. The number of rotatable bonds is 3. The number of methoxy groups -OCH3 is 1. The third kappa shape index (κ3) is 2.55. The highest BCUT2D eigenvalue weighted by atomic mass is 19.1. The molecule has 3 rings (SSSR count). The van der Waals surface area contributed by atoms with E-state index in [1.807, 2.05) is 18.2 Å². The summed E-state index contributed by atoms with van der Waals surface area (Å²) in [6.07, 6.45) is 1.89. The van der Waals surface area contributed by atoms with Crippen molar-refractivity contribution in [3.05, 3.63) is 58.9 Å². The molecule has 1 N–H and O–H groups in total. The van der Waals surface area contributed by atoms with Gasteiger partial charge in [-0.1, -0.05) is 6.07 Å². The van der Waals surface area contributed by atoms with E-state index in [1.165, 1.54) is 11.6 Å². The van der Waals surface area contributed by atoms with Crippen LogP contribution in [0.25, 0.3) is 0 Å². The first kappa shape index (κ1) is 13.4. The van der Waals surface area contributed by atoms with E-state index < -0.39 is 5.82 Å². The van der Waals surface area contributed by atoms with Gasteiger partial charge in [-0.3, -0.25) is 0 Å². The number of nitrogens with one attached hydrogen (secondary N) is 1. The number of aryl methyl sites for hydroxylation is 1. The lowest BCUT2D eigenvalue weighted by Crippen LogP contribution is -2.08. The summed E-state index contributed by atoms with van der Waals surface area (Å²) < 4.78 is 19.2. The Morgan fingerprint density at radius 3 is 2.86 bits per heavy atom. The van der Waals surface area contributed by atoms with Gasteiger partial charge in [0.2, 0.25) is 0 Å². The first-order valence-corrected chi connectivity index (χ1v) is 6.84. The highest BCUT2D eigenvalue weighted by molar-refractivity contribution is 5.52. The molecule has 2 aromatic rings. The standard InChI is InChI=1S/C17H15FN2O/c1-21-13-5-3-12-4-7-16(14(12)9-13)20-17-6-2-11(10-19)8-15(17)18/h2-3,5-6,8-9,16,20H,4,7H2,1H3. The van der Waals surface area contributed by atoms with Gasteiger partial charge in [0.05, 0.1) is 30.5 Å². The lowest BCUT2D eigenvalue weighted by molar-refractivity contribution is 0.414. The van der Waals surface area contributed by atoms with Gasteiger partial charge in [0.25, 0.3) is 0 Å². The number of hydrogen-bond acceptors (Lipinski definition) is 3. The molecule has 0 aliphatic heterocycles. The molecule has 21 heavy (non-hydrogen) atoms. The molecule has 2 aromatic carbocycles. The van der Waals surface area contributed by atoms with Crippen LogP contribution in [0.2, 0.25) is 0 Å². The van der Waals surface area contributed by atoms with Gasteiger partial charge in [-0.05, 0) is 54.3 Å². The molecule has 0 fully saturated rings. The minimum atomic E-state index is -0.398. The number of anilines is 1. The van der Waals surface area contributed by atoms with Crippen LogP contribution in [0.1, 0.15) is 29.2 Å². The first-order chi connectivity index (χ1) is 10.2. The topological polar surface area (TPSA) is 45.0 Å². The molecule has 0 amide bonds. The van der Waals surface area contributed by atoms with Crippen LogP contribution in [0.15, 0.2) is 36.4 Å². The number of fused-ring (bicyclic) bond motifs is 1. The number of benzene rings is 2. The van der Waals surface area contributed by atoms with Crippen LogP contribution in [0.3, 0.4) is 0 Å². The molecule has 0 bridgehead atoms. The van der Waals surface area contributed by atoms with Gasteiger partial charge in [-0.15, -0.1) is 0 Å². The molecule has 1 aliphatic carbocycles. The molecular weight excluding hydrogens is 267 g/mol. The van der Waals surface area contributed by atoms with E-state index in [4.69, 9.17) is 10.00 Å². The van der Waals surface area contributed by atoms with Gasteiger partial charge in [-0.25, -0.2) is 4.39 Å². The van der Waals surface area contributed by atoms with Crippen molar-refractivity contribution in [2.24, 2.45) is 0 Å². The van der Waals surface area contributed by atoms with Gasteiger partial charge >= 0.3 is 0 Å². The maximum absolute atomic E-state index is 14.0. The minimum Gasteiger partial charge on any atom is -0.497 e. The number of halogens is 1. The van der Waals surface area contributed by atoms with Gasteiger partial charge in [0, 0.05) is 0 Å². The summed E-state index contributed by atoms with van der Waals surface area (Å²) in [4.78, 5) is 0. The van der Waals surface area contributed by atoms with Crippen molar-refractivity contribution in [2.45, 2.75) is 18.9 Å². The average molecular weight is 282 g/mol. The summed E-state index contributed by atoms with van der Waals surface area (Å²) >= 11 is 0. The summed E-state index contributed by atoms with van der Waals surface area (Å²) in [6.45, 7) is 0. The van der Waals surface area contributed by atoms with Crippen LogP contribution < -0.4 is 10.1 Å². The molecule has 0 spiro atoms. The Balaban J connectivity index is 1.87. The second kappa shape index (κ2) is 5.45. The highest BCUT2D eigenvalue weighted by Crippen LogP contribution is 2.36. The van der Waals surface area contributed by atoms with E-state index >= 15 is 0 Å². The van der Waals surface area contributed by atoms with Crippen LogP contribution in [-0.4, -0.2) is 7.11 Å². The maximum atomic E-state index is 14.0. The predicted octanol–water partition coefficient (Wildman–Crippen LogP) is 3.81. The Bertz CT molecular complexity index is 721. The van der Waals surface area contributed by atoms with E-state index in [-0.39, 0.29) is 6.04 Å². The van der Waals surface area contributed by atoms with Crippen LogP contribution in [0.5, 0.6) is 5.75 Å². The van der Waals surface area contributed by atoms with Crippen molar-refractivity contribution in [3.63, 3.8) is 0 Å². The van der Waals surface area contributed by atoms with Gasteiger partial charge in [0.1, 0.15) is 11.6 Å². The van der Waals surface area contributed by atoms with Gasteiger partial charge in [0.15, 0.2) is 0 Å². The molecule has 0 radical (unpaired) electrons. The Labute approximate surface area is 123 Å². The molecular formula is C17H15FN2O. The fourth-order valence-corrected chi connectivity index (χ4v) is 2.75. The van der Waals surface area contributed by atoms with Crippen molar-refractivity contribution < 1.29 is 9.13 Å². The summed E-state index contributed by atoms with van der Waals surface area (Å²) in [5, 5.41) is 12.0. The lowest BCUT2D eigenvalue weighted by Gasteiger charge is -2.17. The number of ether oxygens (including phenoxy) is 1. The fraction of sp³-hybridized carbons (Fsp3) is 0.235. The second-order valence-electron chi connectivity index (χ2n) is 5.11. The molecule has 1 atom stereocenters.